The van der Waals surface area contributed by atoms with Gasteiger partial charge in [-0.3, -0.25) is 0 Å². The molecule has 0 spiro atoms. The van der Waals surface area contributed by atoms with Gasteiger partial charge in [0, 0.05) is 0 Å². The van der Waals surface area contributed by atoms with Crippen molar-refractivity contribution in [2.24, 2.45) is 0 Å². The van der Waals surface area contributed by atoms with Crippen molar-refractivity contribution in [3.05, 3.63) is 17.2 Å². The van der Waals surface area contributed by atoms with Crippen molar-refractivity contribution in [2.75, 3.05) is 18.9 Å². The third-order valence-electron chi connectivity index (χ3n) is 2.02. The quantitative estimate of drug-likeness (QED) is 0.752. The first kappa shape index (κ1) is 13.8. The van der Waals surface area contributed by atoms with E-state index in [4.69, 9.17) is 20.3 Å². The number of nitrogens with two attached hydrogens (primary N) is 1. The maximum Gasteiger partial charge on any atom is 0.343 e. The topological polar surface area (TPSA) is 112 Å². The molecule has 1 aromatic heterocycles. The van der Waals surface area contributed by atoms with E-state index in [1.54, 1.807) is 13.8 Å². The first-order valence-electron chi connectivity index (χ1n) is 5.34. The molecule has 1 rings (SSSR count). The van der Waals surface area contributed by atoms with Crippen molar-refractivity contribution in [3.63, 3.8) is 0 Å². The second kappa shape index (κ2) is 5.85. The summed E-state index contributed by atoms with van der Waals surface area (Å²) in [5, 5.41) is 8.91. The van der Waals surface area contributed by atoms with Crippen LogP contribution in [0.4, 0.5) is 5.82 Å². The predicted octanol–water partition coefficient (Wildman–Crippen LogP) is 0.937. The number of hydrogen-bond acceptors (Lipinski definition) is 6. The van der Waals surface area contributed by atoms with Crippen molar-refractivity contribution in [1.82, 2.24) is 4.98 Å². The number of nitrogens with zero attached hydrogens (tertiary/aromatic N) is 1. The van der Waals surface area contributed by atoms with E-state index in [9.17, 15) is 9.59 Å². The number of carboxylic acid groups (broad SMARTS) is 1. The Morgan fingerprint density at radius 3 is 2.50 bits per heavy atom. The van der Waals surface area contributed by atoms with E-state index < -0.39 is 11.9 Å². The van der Waals surface area contributed by atoms with Crippen LogP contribution >= 0.6 is 0 Å². The Hall–Kier alpha value is -2.31. The number of carbonyl (C=O) groups is 2. The van der Waals surface area contributed by atoms with Gasteiger partial charge in [-0.05, 0) is 19.9 Å². The Labute approximate surface area is 104 Å². The van der Waals surface area contributed by atoms with Gasteiger partial charge in [-0.25, -0.2) is 9.59 Å². The molecule has 7 nitrogen and oxygen atoms in total. The molecule has 98 valence electrons. The van der Waals surface area contributed by atoms with Gasteiger partial charge < -0.3 is 20.3 Å². The van der Waals surface area contributed by atoms with E-state index >= 15 is 0 Å². The first-order chi connectivity index (χ1) is 8.51. The smallest absolute Gasteiger partial charge is 0.343 e. The minimum Gasteiger partial charge on any atom is -0.478 e. The van der Waals surface area contributed by atoms with Crippen LogP contribution in [-0.2, 0) is 4.74 Å². The summed E-state index contributed by atoms with van der Waals surface area (Å²) >= 11 is 0. The number of aromatic nitrogens is 1. The maximum absolute atomic E-state index is 11.7. The largest absolute Gasteiger partial charge is 0.478 e. The van der Waals surface area contributed by atoms with Crippen molar-refractivity contribution in [3.8, 4) is 5.88 Å². The van der Waals surface area contributed by atoms with Gasteiger partial charge >= 0.3 is 11.9 Å². The van der Waals surface area contributed by atoms with Crippen LogP contribution in [0.25, 0.3) is 0 Å². The average molecular weight is 254 g/mol. The Kier molecular flexibility index (Phi) is 4.47. The molecule has 0 saturated heterocycles. The summed E-state index contributed by atoms with van der Waals surface area (Å²) in [7, 11) is 0. The van der Waals surface area contributed by atoms with Gasteiger partial charge in [0.1, 0.15) is 16.9 Å². The lowest BCUT2D eigenvalue weighted by atomic mass is 10.2. The number of ether oxygens (including phenoxy) is 2. The van der Waals surface area contributed by atoms with Crippen LogP contribution in [0.15, 0.2) is 6.07 Å². The van der Waals surface area contributed by atoms with Gasteiger partial charge in [0.25, 0.3) is 0 Å². The molecule has 0 fully saturated rings. The number of carbonyl (C=O) groups excluding carboxylic acids is 1. The fraction of sp³-hybridized carbons (Fsp3) is 0.364. The van der Waals surface area contributed by atoms with Gasteiger partial charge in [-0.15, -0.1) is 0 Å². The van der Waals surface area contributed by atoms with Crippen LogP contribution in [0.2, 0.25) is 0 Å². The minimum atomic E-state index is -1.27. The number of esters is 1. The maximum atomic E-state index is 11.7. The molecule has 0 amide bonds. The first-order valence-corrected chi connectivity index (χ1v) is 5.34. The normalized spacial score (nSPS) is 9.89. The zero-order valence-corrected chi connectivity index (χ0v) is 10.1. The highest BCUT2D eigenvalue weighted by atomic mass is 16.5. The minimum absolute atomic E-state index is 0.0292. The molecule has 1 heterocycles. The molecule has 0 bridgehead atoms. The molecule has 0 unspecified atom stereocenters. The molecule has 0 aromatic carbocycles. The van der Waals surface area contributed by atoms with E-state index in [2.05, 4.69) is 4.98 Å². The Morgan fingerprint density at radius 1 is 1.33 bits per heavy atom. The van der Waals surface area contributed by atoms with Gasteiger partial charge in [-0.2, -0.15) is 4.98 Å². The summed E-state index contributed by atoms with van der Waals surface area (Å²) in [6, 6.07) is 1.10. The second-order valence-corrected chi connectivity index (χ2v) is 3.23. The standard InChI is InChI=1S/C11H14N2O5/c1-3-17-9-7(11(16)18-4-2)5-6(10(14)15)8(12)13-9/h5H,3-4H2,1-2H3,(H2,12,13)(H,14,15). The molecule has 3 N–H and O–H groups in total. The number of anilines is 1. The fourth-order valence-corrected chi connectivity index (χ4v) is 1.28. The van der Waals surface area contributed by atoms with E-state index in [1.165, 1.54) is 0 Å². The van der Waals surface area contributed by atoms with Gasteiger partial charge in [0.15, 0.2) is 0 Å². The van der Waals surface area contributed by atoms with E-state index in [0.29, 0.717) is 0 Å². The van der Waals surface area contributed by atoms with Crippen molar-refractivity contribution in [1.29, 1.82) is 0 Å². The zero-order valence-electron chi connectivity index (χ0n) is 10.1. The fourth-order valence-electron chi connectivity index (χ4n) is 1.28. The molecular weight excluding hydrogens is 240 g/mol. The Morgan fingerprint density at radius 2 is 2.00 bits per heavy atom. The highest BCUT2D eigenvalue weighted by Gasteiger charge is 2.21. The molecule has 0 atom stereocenters. The molecule has 0 aliphatic carbocycles. The average Bonchev–Trinajstić information content (AvgIpc) is 2.29. The molecule has 1 aromatic rings. The van der Waals surface area contributed by atoms with Crippen LogP contribution in [0, 0.1) is 0 Å². The summed E-state index contributed by atoms with van der Waals surface area (Å²) in [6.07, 6.45) is 0. The van der Waals surface area contributed by atoms with Crippen LogP contribution < -0.4 is 10.5 Å². The van der Waals surface area contributed by atoms with E-state index in [-0.39, 0.29) is 36.0 Å². The molecule has 0 saturated carbocycles. The van der Waals surface area contributed by atoms with Gasteiger partial charge in [0.05, 0.1) is 13.2 Å². The Balaban J connectivity index is 3.30. The monoisotopic (exact) mass is 254 g/mol. The number of carboxylic acids is 1. The van der Waals surface area contributed by atoms with Crippen molar-refractivity contribution in [2.45, 2.75) is 13.8 Å². The lowest BCUT2D eigenvalue weighted by Crippen LogP contribution is -2.13. The zero-order chi connectivity index (χ0) is 13.7. The number of hydrogen-bond donors (Lipinski definition) is 2. The highest BCUT2D eigenvalue weighted by Crippen LogP contribution is 2.22. The van der Waals surface area contributed by atoms with E-state index in [1.807, 2.05) is 0 Å². The SMILES string of the molecule is CCOC(=O)c1cc(C(=O)O)c(N)nc1OCC. The predicted molar refractivity (Wildman–Crippen MR) is 62.7 cm³/mol. The third kappa shape index (κ3) is 2.88. The number of rotatable bonds is 5. The van der Waals surface area contributed by atoms with Crippen LogP contribution in [0.5, 0.6) is 5.88 Å². The van der Waals surface area contributed by atoms with Gasteiger partial charge in [-0.1, -0.05) is 0 Å². The molecule has 0 aliphatic rings. The van der Waals surface area contributed by atoms with Crippen molar-refractivity contribution < 1.29 is 24.2 Å². The van der Waals surface area contributed by atoms with E-state index in [0.717, 1.165) is 6.07 Å². The van der Waals surface area contributed by atoms with Gasteiger partial charge in [0.2, 0.25) is 5.88 Å². The highest BCUT2D eigenvalue weighted by molar-refractivity contribution is 5.98. The summed E-state index contributed by atoms with van der Waals surface area (Å²) in [5.74, 6) is -2.21. The summed E-state index contributed by atoms with van der Waals surface area (Å²) in [4.78, 5) is 26.3. The summed E-state index contributed by atoms with van der Waals surface area (Å²) in [5.41, 5.74) is 5.16. The number of aromatic carboxylic acids is 1. The lowest BCUT2D eigenvalue weighted by Gasteiger charge is -2.10. The molecule has 7 heteroatoms. The summed E-state index contributed by atoms with van der Waals surface area (Å²) in [6.45, 7) is 3.78. The molecule has 0 aliphatic heterocycles. The summed E-state index contributed by atoms with van der Waals surface area (Å²) < 4.78 is 9.93. The number of pyridine rings is 1. The number of nitrogen functional groups attached to an aromatic ring is 1. The van der Waals surface area contributed by atoms with Crippen LogP contribution in [-0.4, -0.2) is 35.2 Å². The molecular formula is C11H14N2O5. The van der Waals surface area contributed by atoms with Crippen LogP contribution in [0.3, 0.4) is 0 Å². The lowest BCUT2D eigenvalue weighted by molar-refractivity contribution is 0.0521. The van der Waals surface area contributed by atoms with Crippen LogP contribution in [0.1, 0.15) is 34.6 Å². The Bertz CT molecular complexity index is 473. The second-order valence-electron chi connectivity index (χ2n) is 3.23. The molecule has 18 heavy (non-hydrogen) atoms. The van der Waals surface area contributed by atoms with Crippen molar-refractivity contribution >= 4 is 17.8 Å². The molecule has 0 radical (unpaired) electrons. The third-order valence-corrected chi connectivity index (χ3v) is 2.02.